The summed E-state index contributed by atoms with van der Waals surface area (Å²) < 4.78 is 6.09. The molecule has 0 aliphatic carbocycles. The van der Waals surface area contributed by atoms with Crippen molar-refractivity contribution in [3.63, 3.8) is 0 Å². The summed E-state index contributed by atoms with van der Waals surface area (Å²) >= 11 is 0. The molecular weight excluding hydrogens is 424 g/mol. The maximum absolute atomic E-state index is 13.3. The number of nitriles is 1. The molecule has 0 atom stereocenters. The van der Waals surface area contributed by atoms with Gasteiger partial charge in [-0.15, -0.1) is 0 Å². The van der Waals surface area contributed by atoms with E-state index in [-0.39, 0.29) is 17.7 Å². The smallest absolute Gasteiger partial charge is 0.271 e. The van der Waals surface area contributed by atoms with Crippen LogP contribution in [0, 0.1) is 11.3 Å². The number of benzene rings is 3. The van der Waals surface area contributed by atoms with E-state index in [1.165, 1.54) is 0 Å². The Kier molecular flexibility index (Phi) is 5.41. The minimum Gasteiger partial charge on any atom is -0.457 e. The molecule has 4 aromatic rings. The molecule has 3 aromatic carbocycles. The molecule has 0 saturated carbocycles. The van der Waals surface area contributed by atoms with Gasteiger partial charge in [-0.2, -0.15) is 5.26 Å². The number of hydrogen-bond donors (Lipinski definition) is 0. The lowest BCUT2D eigenvalue weighted by molar-refractivity contribution is -0.141. The monoisotopic (exact) mass is 444 g/mol. The van der Waals surface area contributed by atoms with E-state index in [1.54, 1.807) is 19.1 Å². The molecule has 5 nitrogen and oxygen atoms in total. The van der Waals surface area contributed by atoms with Gasteiger partial charge < -0.3 is 4.42 Å². The van der Waals surface area contributed by atoms with Crippen molar-refractivity contribution >= 4 is 28.7 Å². The fourth-order valence-corrected chi connectivity index (χ4v) is 4.20. The summed E-state index contributed by atoms with van der Waals surface area (Å²) in [7, 11) is 0. The highest BCUT2D eigenvalue weighted by molar-refractivity contribution is 6.19. The van der Waals surface area contributed by atoms with Crippen LogP contribution in [0.3, 0.4) is 0 Å². The van der Waals surface area contributed by atoms with Crippen LogP contribution in [-0.4, -0.2) is 16.7 Å². The predicted molar refractivity (Wildman–Crippen MR) is 130 cm³/mol. The molecule has 5 rings (SSSR count). The van der Waals surface area contributed by atoms with Crippen molar-refractivity contribution in [3.8, 4) is 17.4 Å². The SMILES string of the molecule is CC1=C(C#N)C(=O)N(Cc2ccccc2)C(=O)/C1=C/c1ccc(-c2cccc3ccccc23)o1. The quantitative estimate of drug-likeness (QED) is 0.290. The standard InChI is InChI=1S/C29H20N2O3/c1-19-25(28(32)31(29(33)26(19)17-30)18-20-8-3-2-4-9-20)16-22-14-15-27(34-22)24-13-7-11-21-10-5-6-12-23(21)24/h2-16H,18H2,1H3/b25-16+. The van der Waals surface area contributed by atoms with Crippen molar-refractivity contribution in [3.05, 3.63) is 113 Å². The Balaban J connectivity index is 1.54. The van der Waals surface area contributed by atoms with Gasteiger partial charge in [-0.1, -0.05) is 72.8 Å². The first-order valence-electron chi connectivity index (χ1n) is 10.9. The minimum absolute atomic E-state index is 0.0392. The molecular formula is C29H20N2O3. The van der Waals surface area contributed by atoms with Crippen LogP contribution in [0.25, 0.3) is 28.2 Å². The second kappa shape index (κ2) is 8.68. The number of nitrogens with zero attached hydrogens (tertiary/aromatic N) is 2. The zero-order valence-corrected chi connectivity index (χ0v) is 18.5. The van der Waals surface area contributed by atoms with Gasteiger partial charge in [0.25, 0.3) is 11.8 Å². The van der Waals surface area contributed by atoms with Crippen LogP contribution >= 0.6 is 0 Å². The van der Waals surface area contributed by atoms with Gasteiger partial charge in [-0.3, -0.25) is 14.5 Å². The highest BCUT2D eigenvalue weighted by Crippen LogP contribution is 2.32. The molecule has 34 heavy (non-hydrogen) atoms. The second-order valence-electron chi connectivity index (χ2n) is 8.08. The van der Waals surface area contributed by atoms with E-state index in [9.17, 15) is 14.9 Å². The average Bonchev–Trinajstić information content (AvgIpc) is 3.33. The van der Waals surface area contributed by atoms with Gasteiger partial charge in [0.15, 0.2) is 0 Å². The molecule has 164 valence electrons. The topological polar surface area (TPSA) is 74.3 Å². The van der Waals surface area contributed by atoms with Gasteiger partial charge in [-0.25, -0.2) is 0 Å². The molecule has 0 fully saturated rings. The molecule has 0 spiro atoms. The lowest BCUT2D eigenvalue weighted by atomic mass is 9.94. The maximum Gasteiger partial charge on any atom is 0.271 e. The molecule has 1 aliphatic rings. The number of amides is 2. The highest BCUT2D eigenvalue weighted by Gasteiger charge is 2.35. The summed E-state index contributed by atoms with van der Waals surface area (Å²) in [5.41, 5.74) is 2.33. The van der Waals surface area contributed by atoms with Crippen molar-refractivity contribution in [1.29, 1.82) is 5.26 Å². The molecule has 0 unspecified atom stereocenters. The van der Waals surface area contributed by atoms with Crippen molar-refractivity contribution in [2.45, 2.75) is 13.5 Å². The van der Waals surface area contributed by atoms with Gasteiger partial charge in [0.2, 0.25) is 0 Å². The third kappa shape index (κ3) is 3.72. The summed E-state index contributed by atoms with van der Waals surface area (Å²) in [5.74, 6) is 0.110. The number of imide groups is 1. The van der Waals surface area contributed by atoms with Crippen molar-refractivity contribution in [1.82, 2.24) is 4.90 Å². The van der Waals surface area contributed by atoms with Crippen molar-refractivity contribution < 1.29 is 14.0 Å². The number of hydrogen-bond acceptors (Lipinski definition) is 4. The van der Waals surface area contributed by atoms with Crippen LogP contribution in [0.2, 0.25) is 0 Å². The van der Waals surface area contributed by atoms with Crippen LogP contribution in [0.15, 0.2) is 106 Å². The summed E-state index contributed by atoms with van der Waals surface area (Å²) in [6.45, 7) is 1.71. The van der Waals surface area contributed by atoms with Gasteiger partial charge in [0.1, 0.15) is 23.2 Å². The Morgan fingerprint density at radius 2 is 1.62 bits per heavy atom. The van der Waals surface area contributed by atoms with E-state index >= 15 is 0 Å². The van der Waals surface area contributed by atoms with Gasteiger partial charge in [0, 0.05) is 11.1 Å². The molecule has 1 aliphatic heterocycles. The average molecular weight is 444 g/mol. The van der Waals surface area contributed by atoms with Crippen molar-refractivity contribution in [2.24, 2.45) is 0 Å². The zero-order chi connectivity index (χ0) is 23.7. The molecule has 0 N–H and O–H groups in total. The Labute approximate surface area is 196 Å². The summed E-state index contributed by atoms with van der Waals surface area (Å²) in [6.07, 6.45) is 1.61. The molecule has 2 heterocycles. The van der Waals surface area contributed by atoms with Crippen LogP contribution in [0.5, 0.6) is 0 Å². The molecule has 1 aromatic heterocycles. The maximum atomic E-state index is 13.3. The molecule has 0 bridgehead atoms. The van der Waals surface area contributed by atoms with E-state index in [0.717, 1.165) is 26.8 Å². The summed E-state index contributed by atoms with van der Waals surface area (Å²) in [6, 6.07) is 28.9. The summed E-state index contributed by atoms with van der Waals surface area (Å²) in [4.78, 5) is 27.3. The van der Waals surface area contributed by atoms with Crippen LogP contribution in [0.4, 0.5) is 0 Å². The van der Waals surface area contributed by atoms with Crippen LogP contribution in [-0.2, 0) is 16.1 Å². The number of rotatable bonds is 4. The van der Waals surface area contributed by atoms with E-state index in [2.05, 4.69) is 0 Å². The van der Waals surface area contributed by atoms with Gasteiger partial charge >= 0.3 is 0 Å². The zero-order valence-electron chi connectivity index (χ0n) is 18.5. The highest BCUT2D eigenvalue weighted by atomic mass is 16.3. The Morgan fingerprint density at radius 3 is 2.41 bits per heavy atom. The van der Waals surface area contributed by atoms with Crippen LogP contribution in [0.1, 0.15) is 18.2 Å². The Bertz CT molecular complexity index is 1530. The molecule has 0 saturated heterocycles. The Morgan fingerprint density at radius 1 is 0.882 bits per heavy atom. The van der Waals surface area contributed by atoms with Gasteiger partial charge in [-0.05, 0) is 47.0 Å². The number of carbonyl (C=O) groups excluding carboxylic acids is 2. The van der Waals surface area contributed by atoms with Crippen molar-refractivity contribution in [2.75, 3.05) is 0 Å². The first kappa shape index (κ1) is 21.2. The number of furan rings is 1. The second-order valence-corrected chi connectivity index (χ2v) is 8.08. The first-order chi connectivity index (χ1) is 16.6. The lowest BCUT2D eigenvalue weighted by Gasteiger charge is -2.27. The lowest BCUT2D eigenvalue weighted by Crippen LogP contribution is -2.42. The molecule has 0 radical (unpaired) electrons. The van der Waals surface area contributed by atoms with E-state index in [4.69, 9.17) is 4.42 Å². The Hall–Kier alpha value is -4.69. The van der Waals surface area contributed by atoms with E-state index < -0.39 is 11.8 Å². The number of carbonyl (C=O) groups is 2. The van der Waals surface area contributed by atoms with Gasteiger partial charge in [0.05, 0.1) is 6.54 Å². The van der Waals surface area contributed by atoms with Crippen LogP contribution < -0.4 is 0 Å². The van der Waals surface area contributed by atoms with E-state index in [0.29, 0.717) is 17.1 Å². The first-order valence-corrected chi connectivity index (χ1v) is 10.9. The third-order valence-corrected chi connectivity index (χ3v) is 5.98. The fraction of sp³-hybridized carbons (Fsp3) is 0.0690. The normalized spacial score (nSPS) is 15.3. The molecule has 5 heteroatoms. The molecule has 2 amide bonds. The number of fused-ring (bicyclic) bond motifs is 1. The summed E-state index contributed by atoms with van der Waals surface area (Å²) in [5, 5.41) is 11.8. The predicted octanol–water partition coefficient (Wildman–Crippen LogP) is 5.89. The minimum atomic E-state index is -0.582. The third-order valence-electron chi connectivity index (χ3n) is 5.98. The fourth-order valence-electron chi connectivity index (χ4n) is 4.20. The van der Waals surface area contributed by atoms with E-state index in [1.807, 2.05) is 84.9 Å². The largest absolute Gasteiger partial charge is 0.457 e.